The Morgan fingerprint density at radius 2 is 1.48 bits per heavy atom. The summed E-state index contributed by atoms with van der Waals surface area (Å²) >= 11 is 1.43. The lowest BCUT2D eigenvalue weighted by atomic mass is 10.0. The minimum absolute atomic E-state index is 0.0584. The zero-order valence-corrected chi connectivity index (χ0v) is 20.2. The predicted octanol–water partition coefficient (Wildman–Crippen LogP) is 6.67. The van der Waals surface area contributed by atoms with Crippen LogP contribution in [-0.2, 0) is 11.2 Å². The van der Waals surface area contributed by atoms with Crippen LogP contribution in [0.5, 0.6) is 11.5 Å². The van der Waals surface area contributed by atoms with Crippen LogP contribution in [0.4, 0.5) is 0 Å². The molecule has 0 heterocycles. The smallest absolute Gasteiger partial charge is 0.243 e. The molecule has 0 atom stereocenters. The van der Waals surface area contributed by atoms with Crippen molar-refractivity contribution in [1.82, 2.24) is 0 Å². The summed E-state index contributed by atoms with van der Waals surface area (Å²) in [6, 6.07) is 3.75. The number of hydrogen-bond donors (Lipinski definition) is 0. The van der Waals surface area contributed by atoms with E-state index in [1.807, 2.05) is 12.1 Å². The molecule has 0 spiro atoms. The van der Waals surface area contributed by atoms with Gasteiger partial charge in [-0.25, -0.2) is 0 Å². The molecule has 1 rings (SSSR count). The third-order valence-corrected chi connectivity index (χ3v) is 6.08. The van der Waals surface area contributed by atoms with E-state index in [1.54, 1.807) is 21.1 Å². The molecule has 0 aliphatic rings. The first-order valence-electron chi connectivity index (χ1n) is 11.1. The first-order chi connectivity index (χ1) is 14.9. The number of nitrogens with zero attached hydrogens (tertiary/aromatic N) is 1. The van der Waals surface area contributed by atoms with Crippen LogP contribution in [0.25, 0.3) is 6.08 Å². The number of carbonyl (C=O) groups is 1. The first kappa shape index (κ1) is 27.0. The van der Waals surface area contributed by atoms with E-state index in [-0.39, 0.29) is 10.8 Å². The third-order valence-electron chi connectivity index (χ3n) is 5.18. The maximum absolute atomic E-state index is 10.9. The van der Waals surface area contributed by atoms with Gasteiger partial charge in [-0.3, -0.25) is 14.9 Å². The summed E-state index contributed by atoms with van der Waals surface area (Å²) in [5.74, 6) is 2.32. The summed E-state index contributed by atoms with van der Waals surface area (Å²) in [5, 5.41) is 11.1. The molecule has 0 bridgehead atoms. The Morgan fingerprint density at radius 1 is 0.935 bits per heavy atom. The largest absolute Gasteiger partial charge is 0.496 e. The zero-order valence-electron chi connectivity index (χ0n) is 19.4. The lowest BCUT2D eigenvalue weighted by molar-refractivity contribution is -0.422. The molecule has 31 heavy (non-hydrogen) atoms. The van der Waals surface area contributed by atoms with E-state index in [2.05, 4.69) is 0 Å². The monoisotopic (exact) mass is 451 g/mol. The third kappa shape index (κ3) is 11.2. The highest BCUT2D eigenvalue weighted by atomic mass is 32.2. The summed E-state index contributed by atoms with van der Waals surface area (Å²) in [4.78, 5) is 21.4. The summed E-state index contributed by atoms with van der Waals surface area (Å²) < 4.78 is 11.0. The number of ether oxygens (including phenoxy) is 2. The predicted molar refractivity (Wildman–Crippen MR) is 129 cm³/mol. The van der Waals surface area contributed by atoms with Crippen molar-refractivity contribution in [2.24, 2.45) is 0 Å². The molecule has 6 nitrogen and oxygen atoms in total. The van der Waals surface area contributed by atoms with Crippen LogP contribution in [-0.4, -0.2) is 30.0 Å². The Hall–Kier alpha value is -2.02. The van der Waals surface area contributed by atoms with Crippen molar-refractivity contribution < 1.29 is 19.2 Å². The molecule has 0 saturated carbocycles. The van der Waals surface area contributed by atoms with E-state index < -0.39 is 4.92 Å². The van der Waals surface area contributed by atoms with E-state index in [9.17, 15) is 14.9 Å². The van der Waals surface area contributed by atoms with E-state index in [4.69, 9.17) is 9.47 Å². The summed E-state index contributed by atoms with van der Waals surface area (Å²) in [5.41, 5.74) is 1.78. The van der Waals surface area contributed by atoms with Gasteiger partial charge in [-0.2, -0.15) is 0 Å². The van der Waals surface area contributed by atoms with Crippen LogP contribution in [0.3, 0.4) is 0 Å². The van der Waals surface area contributed by atoms with Crippen LogP contribution in [0, 0.1) is 10.1 Å². The molecule has 0 aromatic heterocycles. The van der Waals surface area contributed by atoms with Crippen molar-refractivity contribution in [3.05, 3.63) is 39.1 Å². The summed E-state index contributed by atoms with van der Waals surface area (Å²) in [6.07, 6.45) is 13.3. The van der Waals surface area contributed by atoms with Crippen molar-refractivity contribution in [1.29, 1.82) is 0 Å². The second kappa shape index (κ2) is 15.7. The Labute approximate surface area is 190 Å². The number of carbonyl (C=O) groups excluding carboxylic acids is 1. The lowest BCUT2D eigenvalue weighted by Crippen LogP contribution is -1.98. The number of nitro groups is 1. The molecule has 0 amide bonds. The van der Waals surface area contributed by atoms with Crippen molar-refractivity contribution in [2.75, 3.05) is 20.0 Å². The molecule has 1 aromatic rings. The Balaban J connectivity index is 2.36. The molecule has 174 valence electrons. The normalized spacial score (nSPS) is 11.4. The second-order valence-corrected chi connectivity index (χ2v) is 8.99. The van der Waals surface area contributed by atoms with Crippen molar-refractivity contribution in [2.45, 2.75) is 78.1 Å². The molecule has 0 aliphatic heterocycles. The van der Waals surface area contributed by atoms with Crippen LogP contribution >= 0.6 is 11.8 Å². The van der Waals surface area contributed by atoms with Gasteiger partial charge in [0.2, 0.25) is 5.70 Å². The van der Waals surface area contributed by atoms with Crippen molar-refractivity contribution in [3.8, 4) is 11.5 Å². The van der Waals surface area contributed by atoms with E-state index in [0.29, 0.717) is 11.3 Å². The number of rotatable bonds is 16. The number of allylic oxidation sites excluding steroid dienone is 1. The van der Waals surface area contributed by atoms with Crippen molar-refractivity contribution >= 4 is 23.0 Å². The average molecular weight is 452 g/mol. The number of unbranched alkanes of at least 4 members (excludes halogenated alkanes) is 8. The standard InChI is InChI=1S/C24H37NO5S/c1-19(25(27)28)16-22-18-23(29-3)21(17-24(22)30-4)14-12-10-8-6-5-7-9-11-13-15-31-20(2)26/h16-18H,5-15H2,1-4H3. The molecule has 7 heteroatoms. The molecular formula is C24H37NO5S. The molecule has 0 unspecified atom stereocenters. The molecule has 1 aromatic carbocycles. The lowest BCUT2D eigenvalue weighted by Gasteiger charge is -2.13. The maximum atomic E-state index is 10.9. The van der Waals surface area contributed by atoms with Gasteiger partial charge in [0.05, 0.1) is 19.1 Å². The molecule has 0 radical (unpaired) electrons. The van der Waals surface area contributed by atoms with Crippen LogP contribution in [0.2, 0.25) is 0 Å². The van der Waals surface area contributed by atoms with E-state index >= 15 is 0 Å². The maximum Gasteiger partial charge on any atom is 0.243 e. The Morgan fingerprint density at radius 3 is 2.00 bits per heavy atom. The minimum Gasteiger partial charge on any atom is -0.496 e. The first-order valence-corrected chi connectivity index (χ1v) is 12.1. The SMILES string of the molecule is COc1cc(CCCCCCCCCCCSC(C)=O)c(OC)cc1C=C(C)[N+](=O)[O-]. The van der Waals surface area contributed by atoms with Gasteiger partial charge in [-0.1, -0.05) is 56.7 Å². The minimum atomic E-state index is -0.409. The number of hydrogen-bond acceptors (Lipinski definition) is 6. The quantitative estimate of drug-likeness (QED) is 0.159. The van der Waals surface area contributed by atoms with E-state index in [0.717, 1.165) is 36.3 Å². The van der Waals surface area contributed by atoms with Crippen LogP contribution < -0.4 is 9.47 Å². The number of methoxy groups -OCH3 is 2. The highest BCUT2D eigenvalue weighted by molar-refractivity contribution is 8.13. The summed E-state index contributed by atoms with van der Waals surface area (Å²) in [6.45, 7) is 3.09. The van der Waals surface area contributed by atoms with Gasteiger partial charge in [-0.05, 0) is 37.0 Å². The molecule has 0 aliphatic carbocycles. The van der Waals surface area contributed by atoms with Gasteiger partial charge in [0, 0.05) is 31.2 Å². The van der Waals surface area contributed by atoms with Gasteiger partial charge in [-0.15, -0.1) is 0 Å². The highest BCUT2D eigenvalue weighted by Gasteiger charge is 2.12. The van der Waals surface area contributed by atoms with Gasteiger partial charge < -0.3 is 9.47 Å². The highest BCUT2D eigenvalue weighted by Crippen LogP contribution is 2.31. The topological polar surface area (TPSA) is 78.7 Å². The molecule has 0 fully saturated rings. The van der Waals surface area contributed by atoms with Gasteiger partial charge in [0.25, 0.3) is 0 Å². The second-order valence-electron chi connectivity index (χ2n) is 7.72. The van der Waals surface area contributed by atoms with Gasteiger partial charge in [0.1, 0.15) is 11.5 Å². The van der Waals surface area contributed by atoms with E-state index in [1.165, 1.54) is 69.7 Å². The zero-order chi connectivity index (χ0) is 23.1. The van der Waals surface area contributed by atoms with Crippen LogP contribution in [0.15, 0.2) is 17.8 Å². The van der Waals surface area contributed by atoms with Crippen molar-refractivity contribution in [3.63, 3.8) is 0 Å². The molecular weight excluding hydrogens is 414 g/mol. The fourth-order valence-corrected chi connectivity index (χ4v) is 4.08. The molecule has 0 N–H and O–H groups in total. The number of benzene rings is 1. The Kier molecular flexibility index (Phi) is 13.7. The fraction of sp³-hybridized carbons (Fsp3) is 0.625. The van der Waals surface area contributed by atoms with Gasteiger partial charge >= 0.3 is 0 Å². The fourth-order valence-electron chi connectivity index (χ4n) is 3.44. The number of thioether (sulfide) groups is 1. The average Bonchev–Trinajstić information content (AvgIpc) is 2.74. The van der Waals surface area contributed by atoms with Crippen LogP contribution in [0.1, 0.15) is 82.8 Å². The Bertz CT molecular complexity index is 733. The number of aryl methyl sites for hydroxylation is 1. The molecule has 0 saturated heterocycles. The summed E-state index contributed by atoms with van der Waals surface area (Å²) in [7, 11) is 3.20. The van der Waals surface area contributed by atoms with Gasteiger partial charge in [0.15, 0.2) is 5.12 Å².